The number of aromatic hydroxyl groups is 1. The third-order valence-electron chi connectivity index (χ3n) is 6.06. The topological polar surface area (TPSA) is 99.4 Å². The summed E-state index contributed by atoms with van der Waals surface area (Å²) in [4.78, 5) is 31.9. The number of carbonyl (C=O) groups is 1. The number of thiazole rings is 1. The van der Waals surface area contributed by atoms with Crippen LogP contribution in [0.25, 0.3) is 6.08 Å². The van der Waals surface area contributed by atoms with E-state index in [0.29, 0.717) is 45.1 Å². The lowest BCUT2D eigenvalue weighted by atomic mass is 9.96. The second kappa shape index (κ2) is 12.1. The van der Waals surface area contributed by atoms with Gasteiger partial charge in [-0.25, -0.2) is 9.79 Å². The van der Waals surface area contributed by atoms with Gasteiger partial charge in [0.05, 0.1) is 41.7 Å². The Morgan fingerprint density at radius 2 is 1.87 bits per heavy atom. The van der Waals surface area contributed by atoms with Crippen molar-refractivity contribution in [3.8, 4) is 17.2 Å². The number of hydrogen-bond donors (Lipinski definition) is 1. The molecule has 0 amide bonds. The highest BCUT2D eigenvalue weighted by atomic mass is 32.1. The Labute approximate surface area is 225 Å². The number of esters is 1. The first-order valence-electron chi connectivity index (χ1n) is 12.8. The summed E-state index contributed by atoms with van der Waals surface area (Å²) in [7, 11) is 0. The Kier molecular flexibility index (Phi) is 8.68. The lowest BCUT2D eigenvalue weighted by Crippen LogP contribution is -2.39. The average Bonchev–Trinajstić information content (AvgIpc) is 3.20. The van der Waals surface area contributed by atoms with Gasteiger partial charge in [-0.05, 0) is 68.7 Å². The molecule has 38 heavy (non-hydrogen) atoms. The Hall–Kier alpha value is -3.85. The molecule has 1 aromatic heterocycles. The summed E-state index contributed by atoms with van der Waals surface area (Å²) >= 11 is 1.24. The van der Waals surface area contributed by atoms with E-state index in [2.05, 4.69) is 11.9 Å². The van der Waals surface area contributed by atoms with Gasteiger partial charge in [-0.15, -0.1) is 0 Å². The first-order chi connectivity index (χ1) is 18.4. The van der Waals surface area contributed by atoms with E-state index < -0.39 is 12.0 Å². The summed E-state index contributed by atoms with van der Waals surface area (Å²) in [5.74, 6) is 0.595. The fourth-order valence-electron chi connectivity index (χ4n) is 4.23. The molecule has 1 unspecified atom stereocenters. The molecule has 0 radical (unpaired) electrons. The van der Waals surface area contributed by atoms with Gasteiger partial charge < -0.3 is 19.3 Å². The van der Waals surface area contributed by atoms with Crippen LogP contribution in [0.1, 0.15) is 57.7 Å². The predicted octanol–water partition coefficient (Wildman–Crippen LogP) is 4.08. The van der Waals surface area contributed by atoms with Gasteiger partial charge in [-0.2, -0.15) is 0 Å². The van der Waals surface area contributed by atoms with Crippen molar-refractivity contribution in [3.63, 3.8) is 0 Å². The number of rotatable bonds is 10. The van der Waals surface area contributed by atoms with E-state index in [1.165, 1.54) is 17.4 Å². The molecule has 0 bridgehead atoms. The normalized spacial score (nSPS) is 15.2. The van der Waals surface area contributed by atoms with E-state index >= 15 is 0 Å². The summed E-state index contributed by atoms with van der Waals surface area (Å²) in [6.45, 7) is 8.67. The smallest absolute Gasteiger partial charge is 0.338 e. The summed E-state index contributed by atoms with van der Waals surface area (Å²) in [5.41, 5.74) is 2.01. The van der Waals surface area contributed by atoms with Crippen LogP contribution in [-0.2, 0) is 9.53 Å². The van der Waals surface area contributed by atoms with Gasteiger partial charge in [0.15, 0.2) is 16.3 Å². The SMILES string of the molecule is CCCCOc1ccc(C2C(C(=O)OCC)=C(C)N=c3sc(=Cc4ccc(O)c(OCC)c4)c(=O)n32)cc1. The molecule has 0 saturated carbocycles. The maximum absolute atomic E-state index is 13.8. The zero-order valence-corrected chi connectivity index (χ0v) is 22.8. The summed E-state index contributed by atoms with van der Waals surface area (Å²) < 4.78 is 18.6. The summed E-state index contributed by atoms with van der Waals surface area (Å²) in [6.07, 6.45) is 3.73. The zero-order valence-electron chi connectivity index (χ0n) is 22.0. The molecule has 1 atom stereocenters. The highest BCUT2D eigenvalue weighted by Gasteiger charge is 2.33. The standard InChI is InChI=1S/C29H32N2O6S/c1-5-8-15-37-21-12-10-20(11-13-21)26-25(28(34)36-7-3)18(4)30-29-31(26)27(33)24(38-29)17-19-9-14-22(32)23(16-19)35-6-2/h9-14,16-17,26,32H,5-8,15H2,1-4H3. The minimum atomic E-state index is -0.698. The Balaban J connectivity index is 1.83. The van der Waals surface area contributed by atoms with Gasteiger partial charge in [-0.1, -0.05) is 42.9 Å². The molecule has 4 rings (SSSR count). The van der Waals surface area contributed by atoms with Gasteiger partial charge in [0.25, 0.3) is 5.56 Å². The van der Waals surface area contributed by atoms with E-state index in [0.717, 1.165) is 24.2 Å². The molecule has 0 spiro atoms. The quantitative estimate of drug-likeness (QED) is 0.310. The second-order valence-electron chi connectivity index (χ2n) is 8.73. The number of nitrogens with zero attached hydrogens (tertiary/aromatic N) is 2. The Morgan fingerprint density at radius 1 is 1.11 bits per heavy atom. The van der Waals surface area contributed by atoms with Crippen molar-refractivity contribution in [2.45, 2.75) is 46.6 Å². The maximum Gasteiger partial charge on any atom is 0.338 e. The highest BCUT2D eigenvalue weighted by molar-refractivity contribution is 7.07. The van der Waals surface area contributed by atoms with Crippen molar-refractivity contribution < 1.29 is 24.1 Å². The van der Waals surface area contributed by atoms with Crippen molar-refractivity contribution >= 4 is 23.4 Å². The van der Waals surface area contributed by atoms with Crippen LogP contribution in [0.15, 0.2) is 63.5 Å². The van der Waals surface area contributed by atoms with Gasteiger partial charge in [0.1, 0.15) is 5.75 Å². The number of unbranched alkanes of at least 4 members (excludes halogenated alkanes) is 1. The number of aromatic nitrogens is 1. The molecule has 3 aromatic rings. The average molecular weight is 537 g/mol. The molecule has 2 aromatic carbocycles. The molecule has 0 aliphatic carbocycles. The molecule has 8 nitrogen and oxygen atoms in total. The fourth-order valence-corrected chi connectivity index (χ4v) is 5.28. The lowest BCUT2D eigenvalue weighted by molar-refractivity contribution is -0.139. The minimum absolute atomic E-state index is 0.0299. The van der Waals surface area contributed by atoms with Crippen molar-refractivity contribution in [2.24, 2.45) is 4.99 Å². The molecular formula is C29H32N2O6S. The fraction of sp³-hybridized carbons (Fsp3) is 0.345. The maximum atomic E-state index is 13.8. The first kappa shape index (κ1) is 27.2. The number of ether oxygens (including phenoxy) is 3. The molecule has 0 saturated heterocycles. The largest absolute Gasteiger partial charge is 0.504 e. The molecule has 200 valence electrons. The molecule has 2 heterocycles. The number of benzene rings is 2. The van der Waals surface area contributed by atoms with Crippen LogP contribution in [0.5, 0.6) is 17.2 Å². The Morgan fingerprint density at radius 3 is 2.55 bits per heavy atom. The van der Waals surface area contributed by atoms with Crippen LogP contribution in [0, 0.1) is 0 Å². The van der Waals surface area contributed by atoms with Gasteiger partial charge in [-0.3, -0.25) is 9.36 Å². The third kappa shape index (κ3) is 5.67. The van der Waals surface area contributed by atoms with Crippen molar-refractivity contribution in [3.05, 3.63) is 84.5 Å². The number of hydrogen-bond acceptors (Lipinski definition) is 8. The highest BCUT2D eigenvalue weighted by Crippen LogP contribution is 2.32. The lowest BCUT2D eigenvalue weighted by Gasteiger charge is -2.24. The summed E-state index contributed by atoms with van der Waals surface area (Å²) in [6, 6.07) is 11.7. The summed E-state index contributed by atoms with van der Waals surface area (Å²) in [5, 5.41) is 10.0. The Bertz CT molecular complexity index is 1520. The monoisotopic (exact) mass is 536 g/mol. The van der Waals surface area contributed by atoms with E-state index in [-0.39, 0.29) is 17.9 Å². The van der Waals surface area contributed by atoms with Gasteiger partial charge in [0.2, 0.25) is 0 Å². The van der Waals surface area contributed by atoms with E-state index in [1.807, 2.05) is 31.2 Å². The van der Waals surface area contributed by atoms with Crippen LogP contribution in [0.2, 0.25) is 0 Å². The second-order valence-corrected chi connectivity index (χ2v) is 9.74. The van der Waals surface area contributed by atoms with Crippen LogP contribution in [0.3, 0.4) is 0 Å². The van der Waals surface area contributed by atoms with Crippen LogP contribution in [0.4, 0.5) is 0 Å². The van der Waals surface area contributed by atoms with E-state index in [9.17, 15) is 14.7 Å². The third-order valence-corrected chi connectivity index (χ3v) is 7.04. The van der Waals surface area contributed by atoms with E-state index in [1.54, 1.807) is 36.6 Å². The number of allylic oxidation sites excluding steroid dienone is 1. The van der Waals surface area contributed by atoms with E-state index in [4.69, 9.17) is 14.2 Å². The van der Waals surface area contributed by atoms with Crippen molar-refractivity contribution in [1.29, 1.82) is 0 Å². The van der Waals surface area contributed by atoms with Crippen molar-refractivity contribution in [2.75, 3.05) is 19.8 Å². The number of fused-ring (bicyclic) bond motifs is 1. The van der Waals surface area contributed by atoms with Crippen LogP contribution >= 0.6 is 11.3 Å². The number of phenolic OH excluding ortho intramolecular Hbond substituents is 1. The van der Waals surface area contributed by atoms with Crippen LogP contribution in [-0.4, -0.2) is 35.5 Å². The number of phenols is 1. The van der Waals surface area contributed by atoms with Crippen LogP contribution < -0.4 is 24.4 Å². The molecule has 1 aliphatic rings. The molecular weight excluding hydrogens is 504 g/mol. The first-order valence-corrected chi connectivity index (χ1v) is 13.6. The molecule has 9 heteroatoms. The predicted molar refractivity (Wildman–Crippen MR) is 147 cm³/mol. The number of carbonyl (C=O) groups excluding carboxylic acids is 1. The van der Waals surface area contributed by atoms with Gasteiger partial charge >= 0.3 is 5.97 Å². The van der Waals surface area contributed by atoms with Gasteiger partial charge in [0, 0.05) is 0 Å². The zero-order chi connectivity index (χ0) is 27.2. The molecule has 1 N–H and O–H groups in total. The molecule has 0 fully saturated rings. The van der Waals surface area contributed by atoms with Crippen molar-refractivity contribution in [1.82, 2.24) is 4.57 Å². The molecule has 1 aliphatic heterocycles. The minimum Gasteiger partial charge on any atom is -0.504 e.